The second-order valence-corrected chi connectivity index (χ2v) is 8.50. The fourth-order valence-electron chi connectivity index (χ4n) is 4.10. The smallest absolute Gasteiger partial charge is 0.311 e. The third-order valence-electron chi connectivity index (χ3n) is 5.51. The Morgan fingerprint density at radius 3 is 2.54 bits per heavy atom. The summed E-state index contributed by atoms with van der Waals surface area (Å²) in [6, 6.07) is 19.5. The van der Waals surface area contributed by atoms with Crippen LogP contribution in [0.1, 0.15) is 11.1 Å². The molecule has 0 amide bonds. The van der Waals surface area contributed by atoms with Gasteiger partial charge in [-0.25, -0.2) is 0 Å². The van der Waals surface area contributed by atoms with Gasteiger partial charge in [-0.15, -0.1) is 0 Å². The standard InChI is InChI=1S/C22H20Cl2N2O2/c1-28-20(27)18(13-15-7-3-2-4-8-15)22(21(23,24)14-26-22)17-11-5-9-16-10-6-12-25-19(16)17/h2-12,18,26H,13-14H2,1H3. The first-order chi connectivity index (χ1) is 13.5. The Morgan fingerprint density at radius 1 is 1.14 bits per heavy atom. The van der Waals surface area contributed by atoms with Crippen LogP contribution in [0.25, 0.3) is 10.9 Å². The lowest BCUT2D eigenvalue weighted by Crippen LogP contribution is -2.74. The molecule has 1 fully saturated rings. The molecule has 144 valence electrons. The molecule has 1 saturated heterocycles. The van der Waals surface area contributed by atoms with Gasteiger partial charge in [-0.2, -0.15) is 0 Å². The zero-order chi connectivity index (χ0) is 19.8. The van der Waals surface area contributed by atoms with E-state index < -0.39 is 15.8 Å². The normalized spacial score (nSPS) is 21.7. The molecule has 28 heavy (non-hydrogen) atoms. The summed E-state index contributed by atoms with van der Waals surface area (Å²) in [7, 11) is 1.39. The van der Waals surface area contributed by atoms with E-state index >= 15 is 0 Å². The molecule has 1 aliphatic heterocycles. The van der Waals surface area contributed by atoms with Crippen molar-refractivity contribution < 1.29 is 9.53 Å². The maximum atomic E-state index is 13.0. The van der Waals surface area contributed by atoms with Gasteiger partial charge in [0, 0.05) is 23.7 Å². The van der Waals surface area contributed by atoms with Gasteiger partial charge in [0.05, 0.1) is 24.1 Å². The third kappa shape index (κ3) is 2.96. The first kappa shape index (κ1) is 19.2. The lowest BCUT2D eigenvalue weighted by molar-refractivity contribution is -0.151. The van der Waals surface area contributed by atoms with E-state index in [1.807, 2.05) is 60.7 Å². The monoisotopic (exact) mass is 414 g/mol. The van der Waals surface area contributed by atoms with Crippen LogP contribution in [-0.4, -0.2) is 28.9 Å². The van der Waals surface area contributed by atoms with Gasteiger partial charge in [-0.3, -0.25) is 9.78 Å². The van der Waals surface area contributed by atoms with E-state index in [2.05, 4.69) is 10.3 Å². The van der Waals surface area contributed by atoms with Gasteiger partial charge >= 0.3 is 5.97 Å². The van der Waals surface area contributed by atoms with Gasteiger partial charge in [0.1, 0.15) is 0 Å². The van der Waals surface area contributed by atoms with Gasteiger partial charge in [-0.05, 0) is 18.1 Å². The number of aromatic nitrogens is 1. The van der Waals surface area contributed by atoms with Crippen molar-refractivity contribution in [3.05, 3.63) is 78.0 Å². The summed E-state index contributed by atoms with van der Waals surface area (Å²) in [6.45, 7) is 0.363. The largest absolute Gasteiger partial charge is 0.469 e. The summed E-state index contributed by atoms with van der Waals surface area (Å²) < 4.78 is 3.99. The van der Waals surface area contributed by atoms with E-state index in [1.54, 1.807) is 6.20 Å². The maximum absolute atomic E-state index is 13.0. The Morgan fingerprint density at radius 2 is 1.89 bits per heavy atom. The molecule has 0 radical (unpaired) electrons. The minimum atomic E-state index is -1.19. The number of rotatable bonds is 5. The van der Waals surface area contributed by atoms with Crippen LogP contribution in [0, 0.1) is 5.92 Å². The Balaban J connectivity index is 1.91. The van der Waals surface area contributed by atoms with Gasteiger partial charge in [0.2, 0.25) is 0 Å². The number of nitrogens with zero attached hydrogens (tertiary/aromatic N) is 1. The van der Waals surface area contributed by atoms with Gasteiger partial charge in [-0.1, -0.05) is 77.8 Å². The highest BCUT2D eigenvalue weighted by Gasteiger charge is 2.65. The number of ether oxygens (including phenoxy) is 1. The number of hydrogen-bond donors (Lipinski definition) is 1. The molecule has 4 nitrogen and oxygen atoms in total. The summed E-state index contributed by atoms with van der Waals surface area (Å²) in [5, 5.41) is 4.35. The van der Waals surface area contributed by atoms with E-state index in [-0.39, 0.29) is 5.97 Å². The van der Waals surface area contributed by atoms with E-state index in [4.69, 9.17) is 27.9 Å². The second kappa shape index (κ2) is 7.36. The molecule has 4 rings (SSSR count). The SMILES string of the molecule is COC(=O)C(Cc1ccccc1)C1(c2cccc3cccnc23)NCC1(Cl)Cl. The molecule has 3 aromatic rings. The van der Waals surface area contributed by atoms with E-state index in [0.29, 0.717) is 13.0 Å². The lowest BCUT2D eigenvalue weighted by atomic mass is 9.67. The number of benzene rings is 2. The predicted octanol–water partition coefficient (Wildman–Crippen LogP) is 4.24. The quantitative estimate of drug-likeness (QED) is 0.500. The van der Waals surface area contributed by atoms with Crippen molar-refractivity contribution in [2.75, 3.05) is 13.7 Å². The number of methoxy groups -OCH3 is 1. The first-order valence-electron chi connectivity index (χ1n) is 9.08. The highest BCUT2D eigenvalue weighted by Crippen LogP contribution is 2.54. The third-order valence-corrected chi connectivity index (χ3v) is 6.38. The van der Waals surface area contributed by atoms with Crippen molar-refractivity contribution in [2.45, 2.75) is 16.3 Å². The zero-order valence-corrected chi connectivity index (χ0v) is 16.9. The fraction of sp³-hybridized carbons (Fsp3) is 0.273. The van der Waals surface area contributed by atoms with Crippen LogP contribution in [0.2, 0.25) is 0 Å². The number of pyridine rings is 1. The Hall–Kier alpha value is -2.14. The number of hydrogen-bond acceptors (Lipinski definition) is 4. The minimum absolute atomic E-state index is 0.363. The molecular formula is C22H20Cl2N2O2. The molecular weight excluding hydrogens is 395 g/mol. The van der Waals surface area contributed by atoms with Gasteiger partial charge in [0.15, 0.2) is 4.33 Å². The predicted molar refractivity (Wildman–Crippen MR) is 112 cm³/mol. The zero-order valence-electron chi connectivity index (χ0n) is 15.4. The molecule has 2 unspecified atom stereocenters. The van der Waals surface area contributed by atoms with Crippen LogP contribution < -0.4 is 5.32 Å². The highest BCUT2D eigenvalue weighted by molar-refractivity contribution is 6.50. The fourth-order valence-corrected chi connectivity index (χ4v) is 4.83. The van der Waals surface area contributed by atoms with Gasteiger partial charge in [0.25, 0.3) is 0 Å². The number of fused-ring (bicyclic) bond motifs is 1. The molecule has 0 spiro atoms. The van der Waals surface area contributed by atoms with Crippen molar-refractivity contribution in [1.82, 2.24) is 10.3 Å². The first-order valence-corrected chi connectivity index (χ1v) is 9.84. The van der Waals surface area contributed by atoms with Crippen LogP contribution in [-0.2, 0) is 21.5 Å². The average Bonchev–Trinajstić information content (AvgIpc) is 2.73. The average molecular weight is 415 g/mol. The summed E-state index contributed by atoms with van der Waals surface area (Å²) in [5.41, 5.74) is 1.55. The summed E-state index contributed by atoms with van der Waals surface area (Å²) in [4.78, 5) is 17.5. The van der Waals surface area contributed by atoms with Crippen LogP contribution in [0.3, 0.4) is 0 Å². The molecule has 2 aromatic carbocycles. The Labute approximate surface area is 173 Å². The van der Waals surface area contributed by atoms with Crippen molar-refractivity contribution in [3.8, 4) is 0 Å². The molecule has 1 N–H and O–H groups in total. The summed E-state index contributed by atoms with van der Waals surface area (Å²) in [5.74, 6) is -0.995. The molecule has 0 bridgehead atoms. The molecule has 0 saturated carbocycles. The maximum Gasteiger partial charge on any atom is 0.311 e. The topological polar surface area (TPSA) is 51.2 Å². The summed E-state index contributed by atoms with van der Waals surface area (Å²) in [6.07, 6.45) is 2.16. The van der Waals surface area contributed by atoms with E-state index in [1.165, 1.54) is 7.11 Å². The van der Waals surface area contributed by atoms with Crippen molar-refractivity contribution in [3.63, 3.8) is 0 Å². The molecule has 1 aliphatic rings. The number of halogens is 2. The molecule has 6 heteroatoms. The number of esters is 1. The van der Waals surface area contributed by atoms with Crippen LogP contribution >= 0.6 is 23.2 Å². The number of alkyl halides is 2. The van der Waals surface area contributed by atoms with Crippen LogP contribution in [0.5, 0.6) is 0 Å². The summed E-state index contributed by atoms with van der Waals surface area (Å²) >= 11 is 13.6. The van der Waals surface area contributed by atoms with Crippen molar-refractivity contribution in [1.29, 1.82) is 0 Å². The Kier molecular flexibility index (Phi) is 5.04. The van der Waals surface area contributed by atoms with E-state index in [0.717, 1.165) is 22.0 Å². The second-order valence-electron chi connectivity index (χ2n) is 7.01. The minimum Gasteiger partial charge on any atom is -0.469 e. The van der Waals surface area contributed by atoms with Crippen LogP contribution in [0.15, 0.2) is 66.9 Å². The Bertz CT molecular complexity index is 1000. The lowest BCUT2D eigenvalue weighted by Gasteiger charge is -2.56. The van der Waals surface area contributed by atoms with Crippen molar-refractivity contribution in [2.24, 2.45) is 5.92 Å². The highest BCUT2D eigenvalue weighted by atomic mass is 35.5. The number of carbonyl (C=O) groups is 1. The molecule has 2 heterocycles. The molecule has 2 atom stereocenters. The van der Waals surface area contributed by atoms with Crippen LogP contribution in [0.4, 0.5) is 0 Å². The molecule has 1 aromatic heterocycles. The van der Waals surface area contributed by atoms with E-state index in [9.17, 15) is 4.79 Å². The number of nitrogens with one attached hydrogen (secondary N) is 1. The van der Waals surface area contributed by atoms with Crippen molar-refractivity contribution >= 4 is 40.1 Å². The number of carbonyl (C=O) groups excluding carboxylic acids is 1. The molecule has 0 aliphatic carbocycles. The van der Waals surface area contributed by atoms with Gasteiger partial charge < -0.3 is 10.1 Å². The number of para-hydroxylation sites is 1.